The van der Waals surface area contributed by atoms with Crippen LogP contribution < -0.4 is 4.90 Å². The number of piperidine rings is 1. The molecule has 2 unspecified atom stereocenters. The fraction of sp³-hybridized carbons (Fsp3) is 0.611. The van der Waals surface area contributed by atoms with Crippen LogP contribution in [0.5, 0.6) is 0 Å². The van der Waals surface area contributed by atoms with Gasteiger partial charge in [0, 0.05) is 30.3 Å². The molecule has 2 heteroatoms. The number of hydrogen-bond acceptors (Lipinski definition) is 2. The largest absolute Gasteiger partial charge is 0.368 e. The van der Waals surface area contributed by atoms with Gasteiger partial charge in [-0.3, -0.25) is 4.79 Å². The molecule has 1 aliphatic heterocycles. The molecule has 2 nitrogen and oxygen atoms in total. The number of carbonyl (C=O) groups is 1. The molecule has 2 atom stereocenters. The Labute approximate surface area is 122 Å². The van der Waals surface area contributed by atoms with Crippen molar-refractivity contribution in [1.29, 1.82) is 0 Å². The lowest BCUT2D eigenvalue weighted by molar-refractivity contribution is 0.0988. The molecule has 1 heterocycles. The Morgan fingerprint density at radius 1 is 1.15 bits per heavy atom. The Balaban J connectivity index is 1.93. The minimum atomic E-state index is 0.276. The van der Waals surface area contributed by atoms with E-state index in [1.807, 2.05) is 19.1 Å². The second-order valence-electron chi connectivity index (χ2n) is 6.24. The van der Waals surface area contributed by atoms with Crippen LogP contribution >= 0.6 is 0 Å². The van der Waals surface area contributed by atoms with E-state index >= 15 is 0 Å². The van der Waals surface area contributed by atoms with Gasteiger partial charge in [0.2, 0.25) is 0 Å². The van der Waals surface area contributed by atoms with E-state index in [1.54, 1.807) is 0 Å². The predicted octanol–water partition coefficient (Wildman–Crippen LogP) is 4.44. The van der Waals surface area contributed by atoms with Crippen LogP contribution in [-0.2, 0) is 0 Å². The van der Waals surface area contributed by atoms with Crippen LogP contribution in [0.2, 0.25) is 0 Å². The SMILES string of the molecule is CCC(=O)c1ccccc1N1CCCC2CCCCC21. The van der Waals surface area contributed by atoms with Crippen LogP contribution in [0.3, 0.4) is 0 Å². The van der Waals surface area contributed by atoms with E-state index in [9.17, 15) is 4.79 Å². The molecule has 1 saturated carbocycles. The zero-order chi connectivity index (χ0) is 13.9. The number of hydrogen-bond donors (Lipinski definition) is 0. The van der Waals surface area contributed by atoms with Crippen molar-refractivity contribution in [3.05, 3.63) is 29.8 Å². The topological polar surface area (TPSA) is 20.3 Å². The third-order valence-electron chi connectivity index (χ3n) is 5.08. The Kier molecular flexibility index (Phi) is 4.09. The van der Waals surface area contributed by atoms with Crippen molar-refractivity contribution in [3.8, 4) is 0 Å². The van der Waals surface area contributed by atoms with Crippen LogP contribution in [-0.4, -0.2) is 18.4 Å². The van der Waals surface area contributed by atoms with Gasteiger partial charge >= 0.3 is 0 Å². The van der Waals surface area contributed by atoms with Crippen LogP contribution in [0.1, 0.15) is 62.2 Å². The van der Waals surface area contributed by atoms with E-state index in [1.165, 1.54) is 44.2 Å². The van der Waals surface area contributed by atoms with E-state index in [4.69, 9.17) is 0 Å². The van der Waals surface area contributed by atoms with Crippen molar-refractivity contribution < 1.29 is 4.79 Å². The van der Waals surface area contributed by atoms with Crippen LogP contribution in [0.4, 0.5) is 5.69 Å². The average Bonchev–Trinajstić information content (AvgIpc) is 2.53. The summed E-state index contributed by atoms with van der Waals surface area (Å²) in [4.78, 5) is 14.8. The maximum absolute atomic E-state index is 12.2. The molecular formula is C18H25NO. The number of ketones is 1. The fourth-order valence-electron chi connectivity index (χ4n) is 4.07. The van der Waals surface area contributed by atoms with Crippen molar-refractivity contribution in [2.45, 2.75) is 57.9 Å². The van der Waals surface area contributed by atoms with Crippen LogP contribution in [0, 0.1) is 5.92 Å². The number of anilines is 1. The third-order valence-corrected chi connectivity index (χ3v) is 5.08. The molecule has 2 fully saturated rings. The average molecular weight is 271 g/mol. The zero-order valence-electron chi connectivity index (χ0n) is 12.5. The number of carbonyl (C=O) groups excluding carboxylic acids is 1. The zero-order valence-corrected chi connectivity index (χ0v) is 12.5. The molecule has 0 N–H and O–H groups in total. The van der Waals surface area contributed by atoms with E-state index in [0.717, 1.165) is 18.0 Å². The number of fused-ring (bicyclic) bond motifs is 1. The molecule has 0 bridgehead atoms. The van der Waals surface area contributed by atoms with Gasteiger partial charge in [-0.15, -0.1) is 0 Å². The van der Waals surface area contributed by atoms with Crippen molar-refractivity contribution in [3.63, 3.8) is 0 Å². The summed E-state index contributed by atoms with van der Waals surface area (Å²) in [6, 6.07) is 8.90. The Hall–Kier alpha value is -1.31. The van der Waals surface area contributed by atoms with Crippen LogP contribution in [0.25, 0.3) is 0 Å². The highest BCUT2D eigenvalue weighted by Crippen LogP contribution is 2.38. The molecule has 3 rings (SSSR count). The van der Waals surface area contributed by atoms with Gasteiger partial charge in [0.25, 0.3) is 0 Å². The van der Waals surface area contributed by atoms with Crippen LogP contribution in [0.15, 0.2) is 24.3 Å². The quantitative estimate of drug-likeness (QED) is 0.758. The summed E-state index contributed by atoms with van der Waals surface area (Å²) in [6.07, 6.45) is 8.68. The lowest BCUT2D eigenvalue weighted by Gasteiger charge is -2.46. The highest BCUT2D eigenvalue weighted by Gasteiger charge is 2.34. The van der Waals surface area contributed by atoms with Gasteiger partial charge in [0.1, 0.15) is 0 Å². The molecule has 1 saturated heterocycles. The van der Waals surface area contributed by atoms with Gasteiger partial charge in [-0.1, -0.05) is 31.9 Å². The maximum Gasteiger partial charge on any atom is 0.164 e. The molecule has 108 valence electrons. The molecule has 2 aliphatic rings. The second kappa shape index (κ2) is 5.99. The summed E-state index contributed by atoms with van der Waals surface area (Å²) in [6.45, 7) is 3.08. The fourth-order valence-corrected chi connectivity index (χ4v) is 4.07. The lowest BCUT2D eigenvalue weighted by Crippen LogP contribution is -2.47. The molecule has 0 radical (unpaired) electrons. The number of Topliss-reactive ketones (excluding diaryl/α,β-unsaturated/α-hetero) is 1. The Morgan fingerprint density at radius 2 is 1.90 bits per heavy atom. The van der Waals surface area contributed by atoms with Gasteiger partial charge < -0.3 is 4.90 Å². The highest BCUT2D eigenvalue weighted by atomic mass is 16.1. The Bertz CT molecular complexity index is 480. The van der Waals surface area contributed by atoms with E-state index in [2.05, 4.69) is 17.0 Å². The minimum absolute atomic E-state index is 0.276. The number of benzene rings is 1. The molecule has 1 aromatic carbocycles. The molecule has 1 aromatic rings. The van der Waals surface area contributed by atoms with Gasteiger partial charge in [0.15, 0.2) is 5.78 Å². The molecule has 20 heavy (non-hydrogen) atoms. The first kappa shape index (κ1) is 13.7. The lowest BCUT2D eigenvalue weighted by atomic mass is 9.78. The monoisotopic (exact) mass is 271 g/mol. The van der Waals surface area contributed by atoms with Crippen molar-refractivity contribution in [1.82, 2.24) is 0 Å². The van der Waals surface area contributed by atoms with E-state index < -0.39 is 0 Å². The summed E-state index contributed by atoms with van der Waals surface area (Å²) in [7, 11) is 0. The molecule has 0 amide bonds. The summed E-state index contributed by atoms with van der Waals surface area (Å²) < 4.78 is 0. The summed E-state index contributed by atoms with van der Waals surface area (Å²) >= 11 is 0. The minimum Gasteiger partial charge on any atom is -0.368 e. The van der Waals surface area contributed by atoms with Crippen molar-refractivity contribution in [2.75, 3.05) is 11.4 Å². The van der Waals surface area contributed by atoms with Crippen molar-refractivity contribution >= 4 is 11.5 Å². The van der Waals surface area contributed by atoms with Crippen molar-refractivity contribution in [2.24, 2.45) is 5.92 Å². The van der Waals surface area contributed by atoms with E-state index in [0.29, 0.717) is 12.5 Å². The first-order valence-electron chi connectivity index (χ1n) is 8.20. The van der Waals surface area contributed by atoms with Gasteiger partial charge in [0.05, 0.1) is 0 Å². The first-order chi connectivity index (χ1) is 9.81. The summed E-state index contributed by atoms with van der Waals surface area (Å²) in [5.74, 6) is 1.13. The van der Waals surface area contributed by atoms with Gasteiger partial charge in [-0.2, -0.15) is 0 Å². The Morgan fingerprint density at radius 3 is 2.75 bits per heavy atom. The summed E-state index contributed by atoms with van der Waals surface area (Å²) in [5, 5.41) is 0. The molecule has 1 aliphatic carbocycles. The van der Waals surface area contributed by atoms with Gasteiger partial charge in [-0.25, -0.2) is 0 Å². The standard InChI is InChI=1S/C18H25NO/c1-2-18(20)15-10-4-6-12-17(15)19-13-7-9-14-8-3-5-11-16(14)19/h4,6,10,12,14,16H,2-3,5,7-9,11,13H2,1H3. The number of para-hydroxylation sites is 1. The number of nitrogens with zero attached hydrogens (tertiary/aromatic N) is 1. The maximum atomic E-state index is 12.2. The van der Waals surface area contributed by atoms with E-state index in [-0.39, 0.29) is 5.78 Å². The second-order valence-corrected chi connectivity index (χ2v) is 6.24. The molecular weight excluding hydrogens is 246 g/mol. The normalized spacial score (nSPS) is 26.1. The predicted molar refractivity (Wildman–Crippen MR) is 83.4 cm³/mol. The highest BCUT2D eigenvalue weighted by molar-refractivity contribution is 6.01. The molecule has 0 aromatic heterocycles. The first-order valence-corrected chi connectivity index (χ1v) is 8.20. The molecule has 0 spiro atoms. The summed E-state index contributed by atoms with van der Waals surface area (Å²) in [5.41, 5.74) is 2.12. The number of rotatable bonds is 3. The van der Waals surface area contributed by atoms with Gasteiger partial charge in [-0.05, 0) is 43.7 Å². The smallest absolute Gasteiger partial charge is 0.164 e. The third kappa shape index (κ3) is 2.48.